The molecule has 1 rings (SSSR count). The largest absolute Gasteiger partial charge is 0.368 e. The molecule has 0 spiro atoms. The Morgan fingerprint density at radius 1 is 1.00 bits per heavy atom. The number of hydrogen-bond donors (Lipinski definition) is 2. The van der Waals surface area contributed by atoms with Crippen LogP contribution in [0.3, 0.4) is 0 Å². The van der Waals surface area contributed by atoms with Crippen molar-refractivity contribution in [3.8, 4) is 0 Å². The normalized spacial score (nSPS) is 10.0. The van der Waals surface area contributed by atoms with Crippen LogP contribution in [0.5, 0.6) is 0 Å². The molecule has 4 N–H and O–H groups in total. The predicted molar refractivity (Wildman–Crippen MR) is 45.1 cm³/mol. The van der Waals surface area contributed by atoms with E-state index in [1.165, 1.54) is 14.2 Å². The van der Waals surface area contributed by atoms with Gasteiger partial charge < -0.3 is 11.5 Å². The van der Waals surface area contributed by atoms with Crippen molar-refractivity contribution in [3.63, 3.8) is 0 Å². The van der Waals surface area contributed by atoms with Crippen molar-refractivity contribution in [1.29, 1.82) is 0 Å². The molecule has 1 aromatic heterocycles. The number of hydrogen-bond acceptors (Lipinski definition) is 8. The average Bonchev–Trinajstić information content (AvgIpc) is 2.04. The van der Waals surface area contributed by atoms with E-state index in [1.807, 2.05) is 0 Å². The van der Waals surface area contributed by atoms with E-state index in [2.05, 4.69) is 15.0 Å². The van der Waals surface area contributed by atoms with Crippen LogP contribution >= 0.6 is 0 Å². The Labute approximate surface area is 74.4 Å². The van der Waals surface area contributed by atoms with E-state index in [-0.39, 0.29) is 17.8 Å². The standard InChI is InChI=1S/C5H10N6O2/c1-12-11(13-2)5-9-3(6)8-4(7)10-5/h1-2H3,(H4,6,7,8,9,10). The maximum absolute atomic E-state index is 5.33. The van der Waals surface area contributed by atoms with Crippen LogP contribution in [-0.2, 0) is 9.68 Å². The molecule has 0 saturated carbocycles. The van der Waals surface area contributed by atoms with E-state index in [9.17, 15) is 0 Å². The summed E-state index contributed by atoms with van der Waals surface area (Å²) in [6, 6.07) is 0. The quantitative estimate of drug-likeness (QED) is 0.576. The van der Waals surface area contributed by atoms with E-state index in [0.29, 0.717) is 0 Å². The first kappa shape index (κ1) is 9.42. The van der Waals surface area contributed by atoms with Gasteiger partial charge in [0.05, 0.1) is 14.2 Å². The zero-order chi connectivity index (χ0) is 9.84. The zero-order valence-corrected chi connectivity index (χ0v) is 7.26. The van der Waals surface area contributed by atoms with E-state index in [4.69, 9.17) is 21.1 Å². The molecule has 0 fully saturated rings. The maximum atomic E-state index is 5.33. The van der Waals surface area contributed by atoms with Crippen molar-refractivity contribution >= 4 is 17.8 Å². The third-order valence-electron chi connectivity index (χ3n) is 1.15. The molecule has 0 aliphatic heterocycles. The summed E-state index contributed by atoms with van der Waals surface area (Å²) < 4.78 is 0. The van der Waals surface area contributed by atoms with Crippen LogP contribution in [0, 0.1) is 0 Å². The summed E-state index contributed by atoms with van der Waals surface area (Å²) in [5.74, 6) is 0.0956. The van der Waals surface area contributed by atoms with Gasteiger partial charge in [0, 0.05) is 0 Å². The summed E-state index contributed by atoms with van der Waals surface area (Å²) in [6.45, 7) is 0. The van der Waals surface area contributed by atoms with Gasteiger partial charge in [-0.1, -0.05) is 5.23 Å². The fraction of sp³-hybridized carbons (Fsp3) is 0.400. The van der Waals surface area contributed by atoms with Crippen LogP contribution in [0.4, 0.5) is 17.8 Å². The van der Waals surface area contributed by atoms with Crippen molar-refractivity contribution < 1.29 is 9.68 Å². The molecule has 0 unspecified atom stereocenters. The minimum atomic E-state index is 0.00148. The van der Waals surface area contributed by atoms with Crippen molar-refractivity contribution in [3.05, 3.63) is 0 Å². The van der Waals surface area contributed by atoms with Crippen molar-refractivity contribution in [1.82, 2.24) is 15.0 Å². The summed E-state index contributed by atoms with van der Waals surface area (Å²) in [4.78, 5) is 20.5. The second kappa shape index (κ2) is 3.83. The monoisotopic (exact) mass is 186 g/mol. The van der Waals surface area contributed by atoms with Gasteiger partial charge in [0.1, 0.15) is 0 Å². The van der Waals surface area contributed by atoms with Gasteiger partial charge in [0.2, 0.25) is 11.9 Å². The SMILES string of the molecule is CON(OC)c1nc(N)nc(N)n1. The summed E-state index contributed by atoms with van der Waals surface area (Å²) in [7, 11) is 2.78. The molecular formula is C5H10N6O2. The molecule has 0 atom stereocenters. The molecule has 0 saturated heterocycles. The van der Waals surface area contributed by atoms with E-state index in [1.54, 1.807) is 0 Å². The molecule has 13 heavy (non-hydrogen) atoms. The molecule has 8 nitrogen and oxygen atoms in total. The highest BCUT2D eigenvalue weighted by atomic mass is 16.9. The zero-order valence-electron chi connectivity index (χ0n) is 7.26. The first-order chi connectivity index (χ1) is 6.17. The number of nitrogens with two attached hydrogens (primary N) is 2. The van der Waals surface area contributed by atoms with Gasteiger partial charge in [-0.05, 0) is 0 Å². The second-order valence-electron chi connectivity index (χ2n) is 1.97. The molecule has 1 aromatic rings. The summed E-state index contributed by atoms with van der Waals surface area (Å²) in [5.41, 5.74) is 10.7. The molecular weight excluding hydrogens is 176 g/mol. The average molecular weight is 186 g/mol. The van der Waals surface area contributed by atoms with Crippen LogP contribution in [0.1, 0.15) is 0 Å². The highest BCUT2D eigenvalue weighted by molar-refractivity contribution is 5.35. The Morgan fingerprint density at radius 2 is 1.46 bits per heavy atom. The van der Waals surface area contributed by atoms with Gasteiger partial charge in [-0.2, -0.15) is 15.0 Å². The predicted octanol–water partition coefficient (Wildman–Crippen LogP) is -1.03. The number of nitrogen functional groups attached to an aromatic ring is 2. The molecule has 8 heteroatoms. The smallest absolute Gasteiger partial charge is 0.284 e. The van der Waals surface area contributed by atoms with Gasteiger partial charge in [-0.25, -0.2) is 9.68 Å². The molecule has 0 radical (unpaired) electrons. The summed E-state index contributed by atoms with van der Waals surface area (Å²) in [6.07, 6.45) is 0. The first-order valence-corrected chi connectivity index (χ1v) is 3.32. The first-order valence-electron chi connectivity index (χ1n) is 3.32. The topological polar surface area (TPSA) is 112 Å². The van der Waals surface area contributed by atoms with Crippen LogP contribution in [0.25, 0.3) is 0 Å². The highest BCUT2D eigenvalue weighted by Crippen LogP contribution is 2.09. The fourth-order valence-corrected chi connectivity index (χ4v) is 0.717. The molecule has 0 aliphatic rings. The molecule has 72 valence electrons. The molecule has 0 aromatic carbocycles. The summed E-state index contributed by atoms with van der Waals surface area (Å²) in [5, 5.41) is 0.953. The minimum absolute atomic E-state index is 0.00148. The van der Waals surface area contributed by atoms with Gasteiger partial charge in [-0.15, -0.1) is 0 Å². The van der Waals surface area contributed by atoms with Gasteiger partial charge in [0.25, 0.3) is 5.95 Å². The Morgan fingerprint density at radius 3 is 1.85 bits per heavy atom. The van der Waals surface area contributed by atoms with Gasteiger partial charge in [-0.3, -0.25) is 0 Å². The van der Waals surface area contributed by atoms with E-state index in [0.717, 1.165) is 5.23 Å². The van der Waals surface area contributed by atoms with Gasteiger partial charge in [0.15, 0.2) is 0 Å². The number of anilines is 3. The molecule has 0 bridgehead atoms. The lowest BCUT2D eigenvalue weighted by atomic mass is 10.8. The Bertz CT molecular complexity index is 268. The lowest BCUT2D eigenvalue weighted by molar-refractivity contribution is -0.0470. The van der Waals surface area contributed by atoms with E-state index < -0.39 is 0 Å². The number of aromatic nitrogens is 3. The Kier molecular flexibility index (Phi) is 2.77. The molecule has 0 amide bonds. The molecule has 1 heterocycles. The second-order valence-corrected chi connectivity index (χ2v) is 1.97. The lowest BCUT2D eigenvalue weighted by Crippen LogP contribution is -2.23. The van der Waals surface area contributed by atoms with E-state index >= 15 is 0 Å². The highest BCUT2D eigenvalue weighted by Gasteiger charge is 2.10. The van der Waals surface area contributed by atoms with Crippen molar-refractivity contribution in [2.24, 2.45) is 0 Å². The van der Waals surface area contributed by atoms with Crippen molar-refractivity contribution in [2.75, 3.05) is 30.9 Å². The van der Waals surface area contributed by atoms with Crippen LogP contribution in [0.2, 0.25) is 0 Å². The minimum Gasteiger partial charge on any atom is -0.368 e. The maximum Gasteiger partial charge on any atom is 0.284 e. The number of nitrogens with zero attached hydrogens (tertiary/aromatic N) is 4. The van der Waals surface area contributed by atoms with Crippen LogP contribution < -0.4 is 16.7 Å². The lowest BCUT2D eigenvalue weighted by Gasteiger charge is -2.15. The van der Waals surface area contributed by atoms with Crippen molar-refractivity contribution in [2.45, 2.75) is 0 Å². The fourth-order valence-electron chi connectivity index (χ4n) is 0.717. The van der Waals surface area contributed by atoms with Crippen LogP contribution in [-0.4, -0.2) is 29.2 Å². The van der Waals surface area contributed by atoms with Crippen LogP contribution in [0.15, 0.2) is 0 Å². The van der Waals surface area contributed by atoms with Gasteiger partial charge >= 0.3 is 0 Å². The summed E-state index contributed by atoms with van der Waals surface area (Å²) >= 11 is 0. The third-order valence-corrected chi connectivity index (χ3v) is 1.15. The Hall–Kier alpha value is -1.67. The Balaban J connectivity index is 2.99. The third kappa shape index (κ3) is 2.13. The number of rotatable bonds is 3. The molecule has 0 aliphatic carbocycles.